The fraction of sp³-hybridized carbons (Fsp3) is 0.632. The number of primary amides is 1. The van der Waals surface area contributed by atoms with Crippen molar-refractivity contribution in [2.45, 2.75) is 45.2 Å². The van der Waals surface area contributed by atoms with Crippen molar-refractivity contribution in [3.8, 4) is 5.88 Å². The highest BCUT2D eigenvalue weighted by molar-refractivity contribution is 14.0. The molecule has 2 aliphatic rings. The quantitative estimate of drug-likeness (QED) is 0.301. The number of rotatable bonds is 7. The number of carbonyl (C=O) groups excluding carboxylic acids is 1. The van der Waals surface area contributed by atoms with Gasteiger partial charge in [0.05, 0.1) is 13.2 Å². The number of ether oxygens (including phenoxy) is 1. The van der Waals surface area contributed by atoms with Gasteiger partial charge in [0.2, 0.25) is 5.88 Å². The van der Waals surface area contributed by atoms with E-state index in [4.69, 9.17) is 10.5 Å². The fourth-order valence-electron chi connectivity index (χ4n) is 3.04. The van der Waals surface area contributed by atoms with Crippen molar-refractivity contribution < 1.29 is 9.53 Å². The number of amides is 2. The van der Waals surface area contributed by atoms with E-state index in [9.17, 15) is 4.79 Å². The van der Waals surface area contributed by atoms with Crippen molar-refractivity contribution in [3.63, 3.8) is 0 Å². The molecule has 156 valence electrons. The Balaban J connectivity index is 0.00000280. The van der Waals surface area contributed by atoms with E-state index in [0.29, 0.717) is 31.4 Å². The van der Waals surface area contributed by atoms with E-state index in [1.54, 1.807) is 11.1 Å². The number of aromatic nitrogens is 1. The molecule has 0 aromatic carbocycles. The molecule has 3 rings (SSSR count). The molecule has 1 saturated carbocycles. The van der Waals surface area contributed by atoms with Gasteiger partial charge in [0, 0.05) is 37.9 Å². The minimum absolute atomic E-state index is 0. The second-order valence-corrected chi connectivity index (χ2v) is 7.20. The monoisotopic (exact) mass is 502 g/mol. The first-order valence-electron chi connectivity index (χ1n) is 9.81. The summed E-state index contributed by atoms with van der Waals surface area (Å²) >= 11 is 0. The van der Waals surface area contributed by atoms with Gasteiger partial charge >= 0.3 is 6.03 Å². The van der Waals surface area contributed by atoms with Gasteiger partial charge < -0.3 is 26.0 Å². The summed E-state index contributed by atoms with van der Waals surface area (Å²) in [5.74, 6) is 2.16. The Morgan fingerprint density at radius 3 is 2.75 bits per heavy atom. The number of likely N-dealkylation sites (tertiary alicyclic amines) is 1. The molecule has 4 N–H and O–H groups in total. The van der Waals surface area contributed by atoms with Crippen LogP contribution in [-0.2, 0) is 6.54 Å². The summed E-state index contributed by atoms with van der Waals surface area (Å²) in [6.07, 6.45) is 6.02. The van der Waals surface area contributed by atoms with Crippen molar-refractivity contribution in [3.05, 3.63) is 23.9 Å². The highest BCUT2D eigenvalue weighted by Gasteiger charge is 2.22. The van der Waals surface area contributed by atoms with Crippen LogP contribution >= 0.6 is 24.0 Å². The maximum Gasteiger partial charge on any atom is 0.314 e. The highest BCUT2D eigenvalue weighted by Crippen LogP contribution is 2.29. The summed E-state index contributed by atoms with van der Waals surface area (Å²) in [6.45, 7) is 5.50. The normalized spacial score (nSPS) is 17.6. The first kappa shape index (κ1) is 22.5. The third kappa shape index (κ3) is 7.33. The standard InChI is InChI=1S/C19H30N6O2.HI/c1-2-21-19(24-16-6-9-25(10-7-16)18(20)26)23-12-15-5-8-22-17(11-15)27-13-14-3-4-14;/h5,8,11,14,16H,2-4,6-7,9-10,12-13H2,1H3,(H2,20,26)(H2,21,23,24);1H. The van der Waals surface area contributed by atoms with E-state index >= 15 is 0 Å². The number of hydrogen-bond acceptors (Lipinski definition) is 4. The molecule has 1 aromatic heterocycles. The second-order valence-electron chi connectivity index (χ2n) is 7.20. The molecule has 1 aliphatic heterocycles. The van der Waals surface area contributed by atoms with E-state index in [2.05, 4.69) is 20.6 Å². The van der Waals surface area contributed by atoms with Gasteiger partial charge in [-0.25, -0.2) is 14.8 Å². The van der Waals surface area contributed by atoms with Crippen LogP contribution in [0.15, 0.2) is 23.3 Å². The van der Waals surface area contributed by atoms with Crippen molar-refractivity contribution in [2.75, 3.05) is 26.2 Å². The Bertz CT molecular complexity index is 660. The van der Waals surface area contributed by atoms with Crippen LogP contribution in [0.1, 0.15) is 38.2 Å². The van der Waals surface area contributed by atoms with Crippen LogP contribution in [0.2, 0.25) is 0 Å². The zero-order valence-electron chi connectivity index (χ0n) is 16.4. The minimum Gasteiger partial charge on any atom is -0.477 e. The number of nitrogens with one attached hydrogen (secondary N) is 2. The number of urea groups is 1. The van der Waals surface area contributed by atoms with Gasteiger partial charge in [-0.15, -0.1) is 24.0 Å². The Labute approximate surface area is 183 Å². The van der Waals surface area contributed by atoms with E-state index in [1.807, 2.05) is 19.1 Å². The van der Waals surface area contributed by atoms with Crippen molar-refractivity contribution >= 4 is 36.0 Å². The summed E-state index contributed by atoms with van der Waals surface area (Å²) in [6, 6.07) is 3.86. The van der Waals surface area contributed by atoms with Gasteiger partial charge in [-0.1, -0.05) is 0 Å². The number of aliphatic imine (C=N–C) groups is 1. The van der Waals surface area contributed by atoms with Crippen LogP contribution in [0, 0.1) is 5.92 Å². The van der Waals surface area contributed by atoms with Gasteiger partial charge in [-0.05, 0) is 50.2 Å². The first-order valence-corrected chi connectivity index (χ1v) is 9.81. The van der Waals surface area contributed by atoms with Crippen LogP contribution in [0.3, 0.4) is 0 Å². The molecule has 8 nitrogen and oxygen atoms in total. The number of guanidine groups is 1. The molecule has 2 fully saturated rings. The zero-order valence-corrected chi connectivity index (χ0v) is 18.7. The van der Waals surface area contributed by atoms with Gasteiger partial charge in [0.25, 0.3) is 0 Å². The summed E-state index contributed by atoms with van der Waals surface area (Å²) < 4.78 is 5.74. The van der Waals surface area contributed by atoms with Crippen LogP contribution in [0.25, 0.3) is 0 Å². The maximum atomic E-state index is 11.2. The highest BCUT2D eigenvalue weighted by atomic mass is 127. The number of piperidine rings is 1. The van der Waals surface area contributed by atoms with Crippen LogP contribution in [0.5, 0.6) is 5.88 Å². The summed E-state index contributed by atoms with van der Waals surface area (Å²) in [5.41, 5.74) is 6.41. The Morgan fingerprint density at radius 2 is 2.11 bits per heavy atom. The number of halogens is 1. The van der Waals surface area contributed by atoms with Crippen LogP contribution in [0.4, 0.5) is 4.79 Å². The molecule has 28 heavy (non-hydrogen) atoms. The lowest BCUT2D eigenvalue weighted by Gasteiger charge is -2.32. The van der Waals surface area contributed by atoms with Gasteiger partial charge in [0.15, 0.2) is 5.96 Å². The average Bonchev–Trinajstić information content (AvgIpc) is 3.50. The second kappa shape index (κ2) is 11.3. The van der Waals surface area contributed by atoms with Gasteiger partial charge in [-0.2, -0.15) is 0 Å². The van der Waals surface area contributed by atoms with E-state index in [1.165, 1.54) is 12.8 Å². The molecule has 2 heterocycles. The van der Waals surface area contributed by atoms with Crippen molar-refractivity contribution in [1.82, 2.24) is 20.5 Å². The fourth-order valence-corrected chi connectivity index (χ4v) is 3.04. The predicted octanol–water partition coefficient (Wildman–Crippen LogP) is 2.09. The topological polar surface area (TPSA) is 105 Å². The largest absolute Gasteiger partial charge is 0.477 e. The smallest absolute Gasteiger partial charge is 0.314 e. The van der Waals surface area contributed by atoms with Crippen LogP contribution < -0.4 is 21.1 Å². The molecule has 0 atom stereocenters. The Hall–Kier alpha value is -1.78. The molecule has 0 bridgehead atoms. The molecule has 1 aromatic rings. The third-order valence-electron chi connectivity index (χ3n) is 4.87. The lowest BCUT2D eigenvalue weighted by Crippen LogP contribution is -2.50. The predicted molar refractivity (Wildman–Crippen MR) is 120 cm³/mol. The lowest BCUT2D eigenvalue weighted by atomic mass is 10.1. The van der Waals surface area contributed by atoms with Crippen LogP contribution in [-0.4, -0.2) is 54.2 Å². The first-order chi connectivity index (χ1) is 13.1. The molecule has 0 spiro atoms. The molecular formula is C19H31IN6O2. The summed E-state index contributed by atoms with van der Waals surface area (Å²) in [4.78, 5) is 21.9. The molecule has 1 aliphatic carbocycles. The SMILES string of the molecule is CCNC(=NCc1ccnc(OCC2CC2)c1)NC1CCN(C(N)=O)CC1.I. The molecule has 0 unspecified atom stereocenters. The number of carbonyl (C=O) groups is 1. The van der Waals surface area contributed by atoms with Crippen molar-refractivity contribution in [1.29, 1.82) is 0 Å². The van der Waals surface area contributed by atoms with Crippen molar-refractivity contribution in [2.24, 2.45) is 16.6 Å². The Kier molecular flexibility index (Phi) is 9.07. The molecule has 0 radical (unpaired) electrons. The maximum absolute atomic E-state index is 11.2. The molecule has 9 heteroatoms. The van der Waals surface area contributed by atoms with E-state index in [0.717, 1.165) is 37.5 Å². The van der Waals surface area contributed by atoms with Gasteiger partial charge in [-0.3, -0.25) is 0 Å². The average molecular weight is 502 g/mol. The number of nitrogens with zero attached hydrogens (tertiary/aromatic N) is 3. The number of pyridine rings is 1. The third-order valence-corrected chi connectivity index (χ3v) is 4.87. The zero-order chi connectivity index (χ0) is 19.1. The molecule has 1 saturated heterocycles. The number of hydrogen-bond donors (Lipinski definition) is 3. The van der Waals surface area contributed by atoms with Gasteiger partial charge in [0.1, 0.15) is 0 Å². The van der Waals surface area contributed by atoms with E-state index < -0.39 is 0 Å². The Morgan fingerprint density at radius 1 is 1.36 bits per heavy atom. The minimum atomic E-state index is -0.341. The summed E-state index contributed by atoms with van der Waals surface area (Å²) in [7, 11) is 0. The lowest BCUT2D eigenvalue weighted by molar-refractivity contribution is 0.188. The molecule has 2 amide bonds. The molecular weight excluding hydrogens is 471 g/mol. The van der Waals surface area contributed by atoms with E-state index in [-0.39, 0.29) is 36.0 Å². The number of nitrogens with two attached hydrogens (primary N) is 1. The summed E-state index contributed by atoms with van der Waals surface area (Å²) in [5, 5.41) is 6.75.